The average molecular weight is 475 g/mol. The van der Waals surface area contributed by atoms with E-state index >= 15 is 0 Å². The molecule has 1 aliphatic rings. The van der Waals surface area contributed by atoms with Gasteiger partial charge in [-0.2, -0.15) is 0 Å². The Labute approximate surface area is 203 Å². The summed E-state index contributed by atoms with van der Waals surface area (Å²) in [6.45, 7) is 5.10. The summed E-state index contributed by atoms with van der Waals surface area (Å²) in [5, 5.41) is 13.3. The van der Waals surface area contributed by atoms with Crippen LogP contribution >= 0.6 is 0 Å². The third kappa shape index (κ3) is 5.58. The minimum Gasteiger partial charge on any atom is -0.497 e. The number of aromatic nitrogens is 5. The molecule has 0 radical (unpaired) electrons. The van der Waals surface area contributed by atoms with Gasteiger partial charge in [-0.3, -0.25) is 9.69 Å². The first-order chi connectivity index (χ1) is 17.1. The highest BCUT2D eigenvalue weighted by Crippen LogP contribution is 2.20. The fourth-order valence-electron chi connectivity index (χ4n) is 4.49. The third-order valence-corrected chi connectivity index (χ3v) is 6.42. The summed E-state index contributed by atoms with van der Waals surface area (Å²) in [6, 6.07) is 16.0. The molecule has 9 heteroatoms. The van der Waals surface area contributed by atoms with Crippen molar-refractivity contribution in [1.29, 1.82) is 0 Å². The van der Waals surface area contributed by atoms with Crippen LogP contribution in [0, 0.1) is 6.92 Å². The van der Waals surface area contributed by atoms with Gasteiger partial charge in [-0.15, -0.1) is 5.10 Å². The van der Waals surface area contributed by atoms with Crippen molar-refractivity contribution >= 4 is 10.9 Å². The zero-order chi connectivity index (χ0) is 24.2. The molecular formula is C26H30N6O3. The summed E-state index contributed by atoms with van der Waals surface area (Å²) >= 11 is 0. The number of aryl methyl sites for hydroxylation is 1. The molecule has 1 N–H and O–H groups in total. The first kappa shape index (κ1) is 23.2. The molecule has 0 bridgehead atoms. The number of hydrogen-bond acceptors (Lipinski definition) is 7. The van der Waals surface area contributed by atoms with Gasteiger partial charge in [0, 0.05) is 36.2 Å². The Morgan fingerprint density at radius 3 is 2.77 bits per heavy atom. The summed E-state index contributed by atoms with van der Waals surface area (Å²) in [6.07, 6.45) is 2.22. The van der Waals surface area contributed by atoms with Gasteiger partial charge < -0.3 is 14.5 Å². The number of benzene rings is 2. The molecule has 2 aromatic carbocycles. The van der Waals surface area contributed by atoms with Gasteiger partial charge in [0.1, 0.15) is 5.75 Å². The maximum atomic E-state index is 12.9. The van der Waals surface area contributed by atoms with E-state index in [2.05, 4.69) is 56.6 Å². The zero-order valence-electron chi connectivity index (χ0n) is 20.1. The second-order valence-corrected chi connectivity index (χ2v) is 9.12. The largest absolute Gasteiger partial charge is 0.497 e. The molecule has 35 heavy (non-hydrogen) atoms. The predicted octanol–water partition coefficient (Wildman–Crippen LogP) is 3.21. The highest BCUT2D eigenvalue weighted by molar-refractivity contribution is 5.80. The number of hydrogen-bond donors (Lipinski definition) is 1. The Bertz CT molecular complexity index is 1340. The monoisotopic (exact) mass is 474 g/mol. The molecule has 0 aliphatic carbocycles. The highest BCUT2D eigenvalue weighted by atomic mass is 16.5. The van der Waals surface area contributed by atoms with Crippen molar-refractivity contribution < 1.29 is 9.47 Å². The third-order valence-electron chi connectivity index (χ3n) is 6.42. The van der Waals surface area contributed by atoms with Crippen LogP contribution < -0.4 is 10.3 Å². The van der Waals surface area contributed by atoms with Gasteiger partial charge in [-0.25, -0.2) is 4.68 Å². The van der Waals surface area contributed by atoms with Gasteiger partial charge in [0.05, 0.1) is 26.3 Å². The van der Waals surface area contributed by atoms with Crippen LogP contribution in [0.2, 0.25) is 0 Å². The van der Waals surface area contributed by atoms with Crippen LogP contribution in [0.3, 0.4) is 0 Å². The van der Waals surface area contributed by atoms with Crippen LogP contribution in [0.4, 0.5) is 0 Å². The molecule has 4 aromatic rings. The van der Waals surface area contributed by atoms with E-state index in [1.54, 1.807) is 7.11 Å². The lowest BCUT2D eigenvalue weighted by Gasteiger charge is -2.22. The number of aromatic amines is 1. The van der Waals surface area contributed by atoms with Crippen molar-refractivity contribution in [1.82, 2.24) is 30.1 Å². The summed E-state index contributed by atoms with van der Waals surface area (Å²) in [4.78, 5) is 18.1. The average Bonchev–Trinajstić information content (AvgIpc) is 3.53. The van der Waals surface area contributed by atoms with Crippen molar-refractivity contribution in [3.63, 3.8) is 0 Å². The van der Waals surface area contributed by atoms with Crippen molar-refractivity contribution in [3.05, 3.63) is 81.4 Å². The first-order valence-corrected chi connectivity index (χ1v) is 11.9. The molecule has 0 saturated carbocycles. The Morgan fingerprint density at radius 1 is 1.14 bits per heavy atom. The van der Waals surface area contributed by atoms with Gasteiger partial charge in [-0.05, 0) is 60.0 Å². The number of nitrogens with zero attached hydrogens (tertiary/aromatic N) is 5. The van der Waals surface area contributed by atoms with Gasteiger partial charge >= 0.3 is 0 Å². The van der Waals surface area contributed by atoms with Gasteiger partial charge in [0.25, 0.3) is 5.56 Å². The first-order valence-electron chi connectivity index (χ1n) is 11.9. The molecule has 9 nitrogen and oxygen atoms in total. The van der Waals surface area contributed by atoms with Crippen LogP contribution in [0.15, 0.2) is 53.3 Å². The summed E-state index contributed by atoms with van der Waals surface area (Å²) in [7, 11) is 1.64. The normalized spacial score (nSPS) is 15.8. The van der Waals surface area contributed by atoms with Gasteiger partial charge in [-0.1, -0.05) is 29.8 Å². The quantitative estimate of drug-likeness (QED) is 0.398. The molecule has 1 saturated heterocycles. The molecule has 0 spiro atoms. The summed E-state index contributed by atoms with van der Waals surface area (Å²) in [5.41, 5.74) is 3.73. The Hall–Kier alpha value is -3.56. The fourth-order valence-corrected chi connectivity index (χ4v) is 4.49. The van der Waals surface area contributed by atoms with Crippen LogP contribution in [-0.2, 0) is 30.9 Å². The highest BCUT2D eigenvalue weighted by Gasteiger charge is 2.21. The van der Waals surface area contributed by atoms with Crippen molar-refractivity contribution in [2.45, 2.75) is 52.0 Å². The van der Waals surface area contributed by atoms with Crippen molar-refractivity contribution in [2.75, 3.05) is 13.7 Å². The zero-order valence-corrected chi connectivity index (χ0v) is 20.1. The molecular weight excluding hydrogens is 444 g/mol. The second kappa shape index (κ2) is 10.4. The lowest BCUT2D eigenvalue weighted by Crippen LogP contribution is -2.29. The Morgan fingerprint density at radius 2 is 2.00 bits per heavy atom. The smallest absolute Gasteiger partial charge is 0.252 e. The minimum absolute atomic E-state index is 0.101. The summed E-state index contributed by atoms with van der Waals surface area (Å²) < 4.78 is 13.0. The molecule has 0 amide bonds. The topological polar surface area (TPSA) is 98.2 Å². The molecule has 1 atom stereocenters. The van der Waals surface area contributed by atoms with E-state index in [-0.39, 0.29) is 11.7 Å². The van der Waals surface area contributed by atoms with Crippen molar-refractivity contribution in [3.8, 4) is 5.75 Å². The Balaban J connectivity index is 1.43. The molecule has 2 aromatic heterocycles. The number of H-pyrrole nitrogens is 1. The maximum absolute atomic E-state index is 12.9. The Kier molecular flexibility index (Phi) is 6.87. The van der Waals surface area contributed by atoms with E-state index in [9.17, 15) is 4.79 Å². The SMILES string of the molecule is COc1ccc2[nH]c(=O)c(CN(Cc3ccc(C)cc3)Cc3nnnn3C[C@@H]3CCCO3)cc2c1. The summed E-state index contributed by atoms with van der Waals surface area (Å²) in [5.74, 6) is 1.51. The van der Waals surface area contributed by atoms with Gasteiger partial charge in [0.15, 0.2) is 5.82 Å². The fraction of sp³-hybridized carbons (Fsp3) is 0.385. The van der Waals surface area contributed by atoms with E-state index in [1.807, 2.05) is 28.9 Å². The number of rotatable bonds is 9. The predicted molar refractivity (Wildman–Crippen MR) is 132 cm³/mol. The second-order valence-electron chi connectivity index (χ2n) is 9.12. The molecule has 5 rings (SSSR count). The van der Waals surface area contributed by atoms with E-state index in [0.717, 1.165) is 47.5 Å². The maximum Gasteiger partial charge on any atom is 0.252 e. The number of nitrogens with one attached hydrogen (secondary N) is 1. The number of fused-ring (bicyclic) bond motifs is 1. The molecule has 1 aliphatic heterocycles. The molecule has 182 valence electrons. The standard InChI is InChI=1S/C26H30N6O3/c1-18-5-7-19(8-6-18)14-31(17-25-28-29-30-32(25)16-23-4-3-11-35-23)15-21-12-20-13-22(34-2)9-10-24(20)27-26(21)33/h5-10,12-13,23H,3-4,11,14-17H2,1-2H3,(H,27,33)/t23-/m0/s1. The van der Waals surface area contributed by atoms with Crippen LogP contribution in [0.1, 0.15) is 35.4 Å². The molecule has 3 heterocycles. The van der Waals surface area contributed by atoms with Crippen LogP contribution in [0.5, 0.6) is 5.75 Å². The minimum atomic E-state index is -0.101. The number of ether oxygens (including phenoxy) is 2. The van der Waals surface area contributed by atoms with Gasteiger partial charge in [0.2, 0.25) is 0 Å². The molecule has 0 unspecified atom stereocenters. The van der Waals surface area contributed by atoms with Crippen LogP contribution in [-0.4, -0.2) is 49.9 Å². The van der Waals surface area contributed by atoms with E-state index in [4.69, 9.17) is 9.47 Å². The van der Waals surface area contributed by atoms with Crippen molar-refractivity contribution in [2.24, 2.45) is 0 Å². The van der Waals surface area contributed by atoms with E-state index in [0.29, 0.717) is 31.7 Å². The number of pyridine rings is 1. The molecule has 1 fully saturated rings. The van der Waals surface area contributed by atoms with Crippen LogP contribution in [0.25, 0.3) is 10.9 Å². The van der Waals surface area contributed by atoms with E-state index < -0.39 is 0 Å². The lowest BCUT2D eigenvalue weighted by atomic mass is 10.1. The number of tetrazole rings is 1. The van der Waals surface area contributed by atoms with E-state index in [1.165, 1.54) is 5.56 Å². The number of methoxy groups -OCH3 is 1. The lowest BCUT2D eigenvalue weighted by molar-refractivity contribution is 0.0914.